The van der Waals surface area contributed by atoms with Gasteiger partial charge in [-0.15, -0.1) is 0 Å². The maximum Gasteiger partial charge on any atom is 0.241 e. The summed E-state index contributed by atoms with van der Waals surface area (Å²) >= 11 is 0. The monoisotopic (exact) mass is 310 g/mol. The lowest BCUT2D eigenvalue weighted by Crippen LogP contribution is -2.50. The van der Waals surface area contributed by atoms with Gasteiger partial charge in [-0.1, -0.05) is 42.0 Å². The molecule has 1 aromatic heterocycles. The van der Waals surface area contributed by atoms with Gasteiger partial charge in [-0.05, 0) is 12.5 Å². The highest BCUT2D eigenvalue weighted by Gasteiger charge is 2.25. The SMILES string of the molecule is CC(=Cc1ccccc1)CN1CCN(c2cnn(C)c2)C(=O)C1. The van der Waals surface area contributed by atoms with Gasteiger partial charge in [0, 0.05) is 32.9 Å². The first kappa shape index (κ1) is 15.5. The predicted molar refractivity (Wildman–Crippen MR) is 92.1 cm³/mol. The summed E-state index contributed by atoms with van der Waals surface area (Å²) in [6.07, 6.45) is 5.81. The fourth-order valence-electron chi connectivity index (χ4n) is 2.91. The lowest BCUT2D eigenvalue weighted by Gasteiger charge is -2.33. The van der Waals surface area contributed by atoms with E-state index in [0.717, 1.165) is 18.8 Å². The lowest BCUT2D eigenvalue weighted by atomic mass is 10.1. The highest BCUT2D eigenvalue weighted by Crippen LogP contribution is 2.17. The third kappa shape index (κ3) is 3.87. The van der Waals surface area contributed by atoms with Gasteiger partial charge in [0.25, 0.3) is 0 Å². The number of hydrogen-bond donors (Lipinski definition) is 0. The zero-order valence-electron chi connectivity index (χ0n) is 13.6. The number of carbonyl (C=O) groups excluding carboxylic acids is 1. The van der Waals surface area contributed by atoms with Crippen LogP contribution in [0.25, 0.3) is 6.08 Å². The molecule has 1 fully saturated rings. The minimum absolute atomic E-state index is 0.136. The van der Waals surface area contributed by atoms with Gasteiger partial charge < -0.3 is 4.90 Å². The molecule has 1 saturated heterocycles. The van der Waals surface area contributed by atoms with Crippen LogP contribution in [0.5, 0.6) is 0 Å². The molecule has 2 heterocycles. The largest absolute Gasteiger partial charge is 0.307 e. The fourth-order valence-corrected chi connectivity index (χ4v) is 2.91. The third-order valence-corrected chi connectivity index (χ3v) is 3.99. The Hall–Kier alpha value is -2.40. The van der Waals surface area contributed by atoms with Crippen molar-refractivity contribution in [3.8, 4) is 0 Å². The summed E-state index contributed by atoms with van der Waals surface area (Å²) in [4.78, 5) is 16.4. The molecule has 0 N–H and O–H groups in total. The molecular formula is C18H22N4O. The Bertz CT molecular complexity index is 705. The molecule has 1 aliphatic heterocycles. The summed E-state index contributed by atoms with van der Waals surface area (Å²) in [5.41, 5.74) is 3.35. The Morgan fingerprint density at radius 2 is 2.04 bits per heavy atom. The van der Waals surface area contributed by atoms with Crippen LogP contribution in [-0.4, -0.2) is 46.8 Å². The molecule has 1 aliphatic rings. The van der Waals surface area contributed by atoms with Crippen LogP contribution in [0.15, 0.2) is 48.3 Å². The number of nitrogens with zero attached hydrogens (tertiary/aromatic N) is 4. The highest BCUT2D eigenvalue weighted by molar-refractivity contribution is 5.95. The van der Waals surface area contributed by atoms with Gasteiger partial charge in [-0.25, -0.2) is 0 Å². The summed E-state index contributed by atoms with van der Waals surface area (Å²) in [6.45, 7) is 4.98. The summed E-state index contributed by atoms with van der Waals surface area (Å²) in [6, 6.07) is 10.3. The zero-order valence-corrected chi connectivity index (χ0v) is 13.6. The van der Waals surface area contributed by atoms with E-state index < -0.39 is 0 Å². The van der Waals surface area contributed by atoms with Crippen molar-refractivity contribution in [1.82, 2.24) is 14.7 Å². The van der Waals surface area contributed by atoms with Gasteiger partial charge in [-0.3, -0.25) is 14.4 Å². The summed E-state index contributed by atoms with van der Waals surface area (Å²) in [5, 5.41) is 4.14. The average molecular weight is 310 g/mol. The molecule has 0 atom stereocenters. The van der Waals surface area contributed by atoms with Crippen molar-refractivity contribution in [1.29, 1.82) is 0 Å². The number of carbonyl (C=O) groups is 1. The molecule has 0 spiro atoms. The van der Waals surface area contributed by atoms with Crippen LogP contribution in [0.4, 0.5) is 5.69 Å². The molecule has 1 amide bonds. The van der Waals surface area contributed by atoms with E-state index in [1.165, 1.54) is 11.1 Å². The normalized spacial score (nSPS) is 16.9. The summed E-state index contributed by atoms with van der Waals surface area (Å²) < 4.78 is 1.72. The second-order valence-electron chi connectivity index (χ2n) is 6.03. The number of amides is 1. The topological polar surface area (TPSA) is 41.4 Å². The second kappa shape index (κ2) is 6.79. The molecule has 0 saturated carbocycles. The smallest absolute Gasteiger partial charge is 0.241 e. The number of anilines is 1. The van der Waals surface area contributed by atoms with E-state index in [0.29, 0.717) is 13.1 Å². The minimum Gasteiger partial charge on any atom is -0.307 e. The van der Waals surface area contributed by atoms with E-state index in [1.54, 1.807) is 10.9 Å². The van der Waals surface area contributed by atoms with Crippen LogP contribution in [0.3, 0.4) is 0 Å². The van der Waals surface area contributed by atoms with Crippen LogP contribution >= 0.6 is 0 Å². The molecule has 1 aromatic carbocycles. The van der Waals surface area contributed by atoms with Gasteiger partial charge in [0.2, 0.25) is 5.91 Å². The molecule has 0 bridgehead atoms. The first-order valence-electron chi connectivity index (χ1n) is 7.85. The predicted octanol–water partition coefficient (Wildman–Crippen LogP) is 2.17. The molecule has 2 aromatic rings. The standard InChI is InChI=1S/C18H22N4O/c1-15(10-16-6-4-3-5-7-16)12-21-8-9-22(18(23)14-21)17-11-19-20(2)13-17/h3-7,10-11,13H,8-9,12,14H2,1-2H3. The number of piperazine rings is 1. The third-order valence-electron chi connectivity index (χ3n) is 3.99. The molecule has 0 unspecified atom stereocenters. The Labute approximate surface area is 136 Å². The Balaban J connectivity index is 1.60. The van der Waals surface area contributed by atoms with Crippen molar-refractivity contribution in [3.05, 3.63) is 53.9 Å². The van der Waals surface area contributed by atoms with Gasteiger partial charge >= 0.3 is 0 Å². The molecule has 3 rings (SSSR count). The van der Waals surface area contributed by atoms with Crippen LogP contribution in [-0.2, 0) is 11.8 Å². The molecular weight excluding hydrogens is 288 g/mol. The van der Waals surface area contributed by atoms with Crippen molar-refractivity contribution < 1.29 is 4.79 Å². The van der Waals surface area contributed by atoms with Gasteiger partial charge in [0.05, 0.1) is 18.4 Å². The van der Waals surface area contributed by atoms with Crippen LogP contribution < -0.4 is 4.90 Å². The number of benzene rings is 1. The summed E-state index contributed by atoms with van der Waals surface area (Å²) in [5.74, 6) is 0.136. The van der Waals surface area contributed by atoms with E-state index in [4.69, 9.17) is 0 Å². The molecule has 0 radical (unpaired) electrons. The number of aryl methyl sites for hydroxylation is 1. The Morgan fingerprint density at radius 1 is 1.26 bits per heavy atom. The van der Waals surface area contributed by atoms with E-state index in [-0.39, 0.29) is 5.91 Å². The quantitative estimate of drug-likeness (QED) is 0.869. The second-order valence-corrected chi connectivity index (χ2v) is 6.03. The van der Waals surface area contributed by atoms with E-state index in [2.05, 4.69) is 35.1 Å². The van der Waals surface area contributed by atoms with Gasteiger partial charge in [-0.2, -0.15) is 5.10 Å². The maximum absolute atomic E-state index is 12.4. The summed E-state index contributed by atoms with van der Waals surface area (Å²) in [7, 11) is 1.86. The maximum atomic E-state index is 12.4. The van der Waals surface area contributed by atoms with Crippen molar-refractivity contribution >= 4 is 17.7 Å². The van der Waals surface area contributed by atoms with Crippen molar-refractivity contribution in [3.63, 3.8) is 0 Å². The number of rotatable bonds is 4. The first-order chi connectivity index (χ1) is 11.1. The van der Waals surface area contributed by atoms with Crippen molar-refractivity contribution in [2.75, 3.05) is 31.1 Å². The Kier molecular flexibility index (Phi) is 4.57. The number of hydrogen-bond acceptors (Lipinski definition) is 3. The van der Waals surface area contributed by atoms with E-state index in [1.807, 2.05) is 36.3 Å². The fraction of sp³-hybridized carbons (Fsp3) is 0.333. The van der Waals surface area contributed by atoms with Gasteiger partial charge in [0.15, 0.2) is 0 Å². The highest BCUT2D eigenvalue weighted by atomic mass is 16.2. The van der Waals surface area contributed by atoms with E-state index >= 15 is 0 Å². The van der Waals surface area contributed by atoms with E-state index in [9.17, 15) is 4.79 Å². The molecule has 0 aliphatic carbocycles. The van der Waals surface area contributed by atoms with Gasteiger partial charge in [0.1, 0.15) is 0 Å². The average Bonchev–Trinajstić information content (AvgIpc) is 2.94. The van der Waals surface area contributed by atoms with Crippen LogP contribution in [0.1, 0.15) is 12.5 Å². The lowest BCUT2D eigenvalue weighted by molar-refractivity contribution is -0.121. The molecule has 23 heavy (non-hydrogen) atoms. The van der Waals surface area contributed by atoms with Crippen LogP contribution in [0, 0.1) is 0 Å². The molecule has 5 nitrogen and oxygen atoms in total. The number of aromatic nitrogens is 2. The zero-order chi connectivity index (χ0) is 16.2. The van der Waals surface area contributed by atoms with Crippen molar-refractivity contribution in [2.45, 2.75) is 6.92 Å². The first-order valence-corrected chi connectivity index (χ1v) is 7.85. The molecule has 120 valence electrons. The molecule has 5 heteroatoms. The van der Waals surface area contributed by atoms with Crippen molar-refractivity contribution in [2.24, 2.45) is 7.05 Å². The van der Waals surface area contributed by atoms with Crippen LogP contribution in [0.2, 0.25) is 0 Å². The Morgan fingerprint density at radius 3 is 2.70 bits per heavy atom. The minimum atomic E-state index is 0.136.